The summed E-state index contributed by atoms with van der Waals surface area (Å²) in [6, 6.07) is 0. The third-order valence-corrected chi connectivity index (χ3v) is 2.33. The molecule has 0 bridgehead atoms. The number of piperidine rings is 1. The van der Waals surface area contributed by atoms with Crippen LogP contribution in [0.25, 0.3) is 0 Å². The van der Waals surface area contributed by atoms with Gasteiger partial charge in [-0.05, 0) is 19.3 Å². The fourth-order valence-corrected chi connectivity index (χ4v) is 1.50. The van der Waals surface area contributed by atoms with Crippen LogP contribution in [0.15, 0.2) is 0 Å². The third kappa shape index (κ3) is 3.33. The highest BCUT2D eigenvalue weighted by atomic mass is 16.2. The first-order chi connectivity index (χ1) is 6.74. The Kier molecular flexibility index (Phi) is 4.39. The van der Waals surface area contributed by atoms with E-state index < -0.39 is 0 Å². The average Bonchev–Trinajstić information content (AvgIpc) is 2.26. The van der Waals surface area contributed by atoms with E-state index in [1.165, 1.54) is 6.42 Å². The number of likely N-dealkylation sites (tertiary alicyclic amines) is 1. The van der Waals surface area contributed by atoms with E-state index in [1.807, 2.05) is 0 Å². The molecule has 0 spiro atoms. The van der Waals surface area contributed by atoms with Crippen LogP contribution in [0.3, 0.4) is 0 Å². The van der Waals surface area contributed by atoms with E-state index in [1.54, 1.807) is 4.90 Å². The van der Waals surface area contributed by atoms with Gasteiger partial charge in [0.2, 0.25) is 11.8 Å². The van der Waals surface area contributed by atoms with Gasteiger partial charge in [-0.1, -0.05) is 0 Å². The summed E-state index contributed by atoms with van der Waals surface area (Å²) in [6.45, 7) is 1.65. The maximum atomic E-state index is 11.5. The second-order valence-electron chi connectivity index (χ2n) is 3.42. The van der Waals surface area contributed by atoms with Crippen molar-refractivity contribution >= 4 is 11.8 Å². The van der Waals surface area contributed by atoms with Gasteiger partial charge in [0, 0.05) is 13.1 Å². The Hall–Kier alpha value is -1.10. The number of nitrogens with one attached hydrogen (secondary N) is 1. The molecule has 1 aliphatic heterocycles. The van der Waals surface area contributed by atoms with Crippen molar-refractivity contribution in [3.05, 3.63) is 0 Å². The molecule has 0 atom stereocenters. The fourth-order valence-electron chi connectivity index (χ4n) is 1.50. The van der Waals surface area contributed by atoms with Crippen LogP contribution in [0, 0.1) is 0 Å². The van der Waals surface area contributed by atoms with E-state index in [0.717, 1.165) is 25.9 Å². The summed E-state index contributed by atoms with van der Waals surface area (Å²) in [5.41, 5.74) is 5.10. The van der Waals surface area contributed by atoms with Crippen molar-refractivity contribution in [1.29, 1.82) is 0 Å². The predicted molar refractivity (Wildman–Crippen MR) is 52.5 cm³/mol. The molecule has 1 aliphatic rings. The highest BCUT2D eigenvalue weighted by Gasteiger charge is 2.16. The summed E-state index contributed by atoms with van der Waals surface area (Å²) in [7, 11) is 0. The molecule has 0 aromatic rings. The van der Waals surface area contributed by atoms with E-state index in [9.17, 15) is 9.59 Å². The molecule has 14 heavy (non-hydrogen) atoms. The molecule has 2 amide bonds. The summed E-state index contributed by atoms with van der Waals surface area (Å²) in [4.78, 5) is 24.1. The van der Waals surface area contributed by atoms with Gasteiger partial charge in [-0.25, -0.2) is 0 Å². The first-order valence-corrected chi connectivity index (χ1v) is 4.98. The smallest absolute Gasteiger partial charge is 0.241 e. The van der Waals surface area contributed by atoms with Crippen molar-refractivity contribution in [3.63, 3.8) is 0 Å². The highest BCUT2D eigenvalue weighted by Crippen LogP contribution is 2.07. The second-order valence-corrected chi connectivity index (χ2v) is 3.42. The molecule has 0 unspecified atom stereocenters. The number of carbonyl (C=O) groups is 2. The van der Waals surface area contributed by atoms with Crippen LogP contribution in [0.4, 0.5) is 0 Å². The number of nitrogens with two attached hydrogens (primary N) is 1. The first-order valence-electron chi connectivity index (χ1n) is 4.98. The third-order valence-electron chi connectivity index (χ3n) is 2.33. The predicted octanol–water partition coefficient (Wildman–Crippen LogP) is -0.926. The number of nitrogens with zero attached hydrogens (tertiary/aromatic N) is 1. The Labute approximate surface area is 83.6 Å². The molecule has 0 aliphatic carbocycles. The SMILES string of the molecule is NCC(=O)NCC(=O)N1CCCCC1. The fraction of sp³-hybridized carbons (Fsp3) is 0.778. The Bertz CT molecular complexity index is 212. The summed E-state index contributed by atoms with van der Waals surface area (Å²) < 4.78 is 0. The Balaban J connectivity index is 2.23. The minimum absolute atomic E-state index is 0.00787. The lowest BCUT2D eigenvalue weighted by atomic mass is 10.1. The largest absolute Gasteiger partial charge is 0.346 e. The summed E-state index contributed by atoms with van der Waals surface area (Å²) >= 11 is 0. The lowest BCUT2D eigenvalue weighted by molar-refractivity contribution is -0.133. The average molecular weight is 199 g/mol. The summed E-state index contributed by atoms with van der Waals surface area (Å²) in [6.07, 6.45) is 3.33. The number of carbonyl (C=O) groups excluding carboxylic acids is 2. The summed E-state index contributed by atoms with van der Waals surface area (Å²) in [5.74, 6) is -0.290. The molecule has 1 fully saturated rings. The van der Waals surface area contributed by atoms with Crippen LogP contribution in [-0.4, -0.2) is 42.9 Å². The molecule has 3 N–H and O–H groups in total. The molecule has 1 saturated heterocycles. The number of hydrogen-bond acceptors (Lipinski definition) is 3. The van der Waals surface area contributed by atoms with E-state index in [4.69, 9.17) is 5.73 Å². The van der Waals surface area contributed by atoms with Crippen LogP contribution in [-0.2, 0) is 9.59 Å². The van der Waals surface area contributed by atoms with Gasteiger partial charge in [-0.15, -0.1) is 0 Å². The quantitative estimate of drug-likeness (QED) is 0.617. The molecular formula is C9H17N3O2. The molecule has 0 saturated carbocycles. The molecule has 1 heterocycles. The minimum Gasteiger partial charge on any atom is -0.346 e. The molecule has 1 rings (SSSR count). The van der Waals surface area contributed by atoms with Crippen LogP contribution in [0.2, 0.25) is 0 Å². The van der Waals surface area contributed by atoms with Gasteiger partial charge in [0.1, 0.15) is 0 Å². The maximum absolute atomic E-state index is 11.5. The van der Waals surface area contributed by atoms with Gasteiger partial charge in [0.05, 0.1) is 13.1 Å². The topological polar surface area (TPSA) is 75.4 Å². The zero-order chi connectivity index (χ0) is 10.4. The van der Waals surface area contributed by atoms with Gasteiger partial charge >= 0.3 is 0 Å². The van der Waals surface area contributed by atoms with Crippen molar-refractivity contribution in [1.82, 2.24) is 10.2 Å². The van der Waals surface area contributed by atoms with Crippen LogP contribution < -0.4 is 11.1 Å². The van der Waals surface area contributed by atoms with Crippen molar-refractivity contribution in [3.8, 4) is 0 Å². The lowest BCUT2D eigenvalue weighted by Gasteiger charge is -2.26. The molecule has 0 aromatic heterocycles. The zero-order valence-corrected chi connectivity index (χ0v) is 8.29. The van der Waals surface area contributed by atoms with Gasteiger partial charge in [0.15, 0.2) is 0 Å². The van der Waals surface area contributed by atoms with E-state index in [0.29, 0.717) is 0 Å². The Morgan fingerprint density at radius 1 is 1.21 bits per heavy atom. The normalized spacial score (nSPS) is 16.5. The lowest BCUT2D eigenvalue weighted by Crippen LogP contribution is -2.43. The van der Waals surface area contributed by atoms with Crippen molar-refractivity contribution in [2.75, 3.05) is 26.2 Å². The minimum atomic E-state index is -0.282. The second kappa shape index (κ2) is 5.59. The van der Waals surface area contributed by atoms with E-state index >= 15 is 0 Å². The van der Waals surface area contributed by atoms with Gasteiger partial charge < -0.3 is 16.0 Å². The van der Waals surface area contributed by atoms with E-state index in [-0.39, 0.29) is 24.9 Å². The molecular weight excluding hydrogens is 182 g/mol. The number of amides is 2. The molecule has 0 radical (unpaired) electrons. The first kappa shape index (κ1) is 11.0. The van der Waals surface area contributed by atoms with Gasteiger partial charge in [-0.2, -0.15) is 0 Å². The molecule has 80 valence electrons. The molecule has 5 nitrogen and oxygen atoms in total. The van der Waals surface area contributed by atoms with Crippen LogP contribution >= 0.6 is 0 Å². The maximum Gasteiger partial charge on any atom is 0.241 e. The van der Waals surface area contributed by atoms with E-state index in [2.05, 4.69) is 5.32 Å². The van der Waals surface area contributed by atoms with Crippen molar-refractivity contribution in [2.24, 2.45) is 5.73 Å². The highest BCUT2D eigenvalue weighted by molar-refractivity contribution is 5.85. The molecule has 5 heteroatoms. The van der Waals surface area contributed by atoms with Crippen LogP contribution in [0.1, 0.15) is 19.3 Å². The Morgan fingerprint density at radius 2 is 1.86 bits per heavy atom. The van der Waals surface area contributed by atoms with Crippen molar-refractivity contribution < 1.29 is 9.59 Å². The molecule has 0 aromatic carbocycles. The zero-order valence-electron chi connectivity index (χ0n) is 8.29. The number of hydrogen-bond donors (Lipinski definition) is 2. The monoisotopic (exact) mass is 199 g/mol. The number of rotatable bonds is 3. The van der Waals surface area contributed by atoms with Crippen molar-refractivity contribution in [2.45, 2.75) is 19.3 Å². The van der Waals surface area contributed by atoms with Gasteiger partial charge in [-0.3, -0.25) is 9.59 Å². The van der Waals surface area contributed by atoms with Crippen LogP contribution in [0.5, 0.6) is 0 Å². The van der Waals surface area contributed by atoms with Gasteiger partial charge in [0.25, 0.3) is 0 Å². The Morgan fingerprint density at radius 3 is 2.43 bits per heavy atom. The summed E-state index contributed by atoms with van der Waals surface area (Å²) in [5, 5.41) is 2.47. The standard InChI is InChI=1S/C9H17N3O2/c10-6-8(13)11-7-9(14)12-4-2-1-3-5-12/h1-7,10H2,(H,11,13).